The van der Waals surface area contributed by atoms with E-state index >= 15 is 0 Å². The van der Waals surface area contributed by atoms with E-state index in [1.54, 1.807) is 23.6 Å². The number of nitrogens with zero attached hydrogens (tertiary/aromatic N) is 3. The molecule has 5 rings (SSSR count). The van der Waals surface area contributed by atoms with Crippen molar-refractivity contribution in [3.63, 3.8) is 0 Å². The monoisotopic (exact) mass is 589 g/mol. The Kier molecular flexibility index (Phi) is 7.42. The first-order chi connectivity index (χ1) is 19.7. The van der Waals surface area contributed by atoms with Gasteiger partial charge in [-0.1, -0.05) is 35.9 Å². The molecule has 0 atom stereocenters. The van der Waals surface area contributed by atoms with Crippen LogP contribution < -0.4 is 4.74 Å². The fraction of sp³-hybridized carbons (Fsp3) is 0.0357. The largest absolute Gasteiger partial charge is 0.422 e. The van der Waals surface area contributed by atoms with Gasteiger partial charge in [-0.15, -0.1) is 11.3 Å². The number of imide groups is 1. The summed E-state index contributed by atoms with van der Waals surface area (Å²) in [6, 6.07) is 18.1. The summed E-state index contributed by atoms with van der Waals surface area (Å²) >= 11 is 7.40. The second kappa shape index (κ2) is 11.1. The van der Waals surface area contributed by atoms with Crippen molar-refractivity contribution >= 4 is 58.1 Å². The molecule has 3 aromatic carbocycles. The van der Waals surface area contributed by atoms with Gasteiger partial charge >= 0.3 is 5.97 Å². The molecule has 0 aliphatic carbocycles. The molecule has 11 nitrogen and oxygen atoms in total. The summed E-state index contributed by atoms with van der Waals surface area (Å²) in [6.45, 7) is -0.794. The Morgan fingerprint density at radius 2 is 1.66 bits per heavy atom. The molecule has 41 heavy (non-hydrogen) atoms. The Labute approximate surface area is 240 Å². The second-order valence-corrected chi connectivity index (χ2v) is 9.89. The van der Waals surface area contributed by atoms with Gasteiger partial charge in [0.1, 0.15) is 22.7 Å². The zero-order valence-electron chi connectivity index (χ0n) is 20.7. The summed E-state index contributed by atoms with van der Waals surface area (Å²) in [5.41, 5.74) is -1.44. The van der Waals surface area contributed by atoms with Crippen LogP contribution in [0.3, 0.4) is 0 Å². The molecule has 0 radical (unpaired) electrons. The SMILES string of the molecule is O=C(CN(C(=O)c1ccccc1Cl)N1C(=O)c2cccc([N+](=O)[O-])c2C1=O)c1ccc(OC(=O)c2cccs2)cc1. The number of esters is 1. The van der Waals surface area contributed by atoms with E-state index in [0.717, 1.165) is 6.07 Å². The Bertz CT molecular complexity index is 1740. The molecule has 3 amide bonds. The van der Waals surface area contributed by atoms with Crippen LogP contribution in [0.2, 0.25) is 5.02 Å². The summed E-state index contributed by atoms with van der Waals surface area (Å²) in [5, 5.41) is 14.3. The molecular formula is C28H16ClN3O8S. The van der Waals surface area contributed by atoms with Gasteiger partial charge in [-0.25, -0.2) is 9.80 Å². The van der Waals surface area contributed by atoms with E-state index in [9.17, 15) is 34.1 Å². The first-order valence-electron chi connectivity index (χ1n) is 11.8. The second-order valence-electron chi connectivity index (χ2n) is 8.54. The summed E-state index contributed by atoms with van der Waals surface area (Å²) in [5.74, 6) is -4.21. The number of carbonyl (C=O) groups excluding carboxylic acids is 5. The highest BCUT2D eigenvalue weighted by molar-refractivity contribution is 7.12. The van der Waals surface area contributed by atoms with Gasteiger partial charge in [0, 0.05) is 11.6 Å². The van der Waals surface area contributed by atoms with E-state index in [4.69, 9.17) is 16.3 Å². The summed E-state index contributed by atoms with van der Waals surface area (Å²) in [6.07, 6.45) is 0. The van der Waals surface area contributed by atoms with Crippen molar-refractivity contribution in [2.75, 3.05) is 6.54 Å². The number of ketones is 1. The molecule has 0 saturated heterocycles. The lowest BCUT2D eigenvalue weighted by Crippen LogP contribution is -2.51. The van der Waals surface area contributed by atoms with Crippen LogP contribution in [0.4, 0.5) is 5.69 Å². The van der Waals surface area contributed by atoms with Crippen molar-refractivity contribution in [1.29, 1.82) is 0 Å². The first-order valence-corrected chi connectivity index (χ1v) is 13.0. The number of thiophene rings is 1. The van der Waals surface area contributed by atoms with E-state index in [0.29, 0.717) is 14.9 Å². The van der Waals surface area contributed by atoms with Crippen LogP contribution in [0.25, 0.3) is 0 Å². The summed E-state index contributed by atoms with van der Waals surface area (Å²) in [7, 11) is 0. The maximum absolute atomic E-state index is 13.6. The van der Waals surface area contributed by atoms with Crippen molar-refractivity contribution in [2.45, 2.75) is 0 Å². The van der Waals surface area contributed by atoms with Crippen LogP contribution >= 0.6 is 22.9 Å². The number of hydrazine groups is 1. The minimum atomic E-state index is -1.14. The van der Waals surface area contributed by atoms with Crippen LogP contribution in [-0.4, -0.2) is 51.0 Å². The lowest BCUT2D eigenvalue weighted by Gasteiger charge is -2.29. The molecule has 1 aliphatic rings. The normalized spacial score (nSPS) is 12.2. The molecule has 13 heteroatoms. The van der Waals surface area contributed by atoms with Crippen molar-refractivity contribution < 1.29 is 33.6 Å². The van der Waals surface area contributed by atoms with Gasteiger partial charge < -0.3 is 4.74 Å². The van der Waals surface area contributed by atoms with Gasteiger partial charge in [-0.3, -0.25) is 29.3 Å². The van der Waals surface area contributed by atoms with Crippen molar-refractivity contribution in [2.24, 2.45) is 0 Å². The number of rotatable bonds is 8. The Balaban J connectivity index is 1.46. The van der Waals surface area contributed by atoms with E-state index in [2.05, 4.69) is 0 Å². The number of nitro groups is 1. The maximum Gasteiger partial charge on any atom is 0.353 e. The predicted molar refractivity (Wildman–Crippen MR) is 146 cm³/mol. The van der Waals surface area contributed by atoms with Crippen molar-refractivity contribution in [1.82, 2.24) is 10.0 Å². The van der Waals surface area contributed by atoms with Gasteiger partial charge in [0.05, 0.1) is 21.1 Å². The smallest absolute Gasteiger partial charge is 0.353 e. The van der Waals surface area contributed by atoms with Gasteiger partial charge in [0.25, 0.3) is 23.4 Å². The van der Waals surface area contributed by atoms with Crippen LogP contribution in [0, 0.1) is 10.1 Å². The number of ether oxygens (including phenoxy) is 1. The molecule has 1 aliphatic heterocycles. The lowest BCUT2D eigenvalue weighted by molar-refractivity contribution is -0.385. The van der Waals surface area contributed by atoms with Crippen LogP contribution in [-0.2, 0) is 0 Å². The van der Waals surface area contributed by atoms with Gasteiger partial charge in [-0.05, 0) is 53.9 Å². The first kappa shape index (κ1) is 27.4. The number of Topliss-reactive ketones (excluding diaryl/α,β-unsaturated/α-hetero) is 1. The number of carbonyl (C=O) groups is 5. The quantitative estimate of drug-likeness (QED) is 0.0692. The van der Waals surface area contributed by atoms with E-state index < -0.39 is 52.2 Å². The molecule has 0 spiro atoms. The zero-order chi connectivity index (χ0) is 29.3. The molecular weight excluding hydrogens is 574 g/mol. The molecule has 2 heterocycles. The van der Waals surface area contributed by atoms with Crippen LogP contribution in [0.15, 0.2) is 84.2 Å². The fourth-order valence-electron chi connectivity index (χ4n) is 4.12. The number of amides is 3. The minimum absolute atomic E-state index is 0.00514. The van der Waals surface area contributed by atoms with Crippen molar-refractivity contribution in [3.05, 3.63) is 127 Å². The van der Waals surface area contributed by atoms with Crippen molar-refractivity contribution in [3.8, 4) is 5.75 Å². The highest BCUT2D eigenvalue weighted by atomic mass is 35.5. The van der Waals surface area contributed by atoms with E-state index in [-0.39, 0.29) is 27.5 Å². The van der Waals surface area contributed by atoms with Crippen LogP contribution in [0.1, 0.15) is 51.1 Å². The average Bonchev–Trinajstić information content (AvgIpc) is 3.59. The molecule has 4 aromatic rings. The van der Waals surface area contributed by atoms with Gasteiger partial charge in [0.2, 0.25) is 0 Å². The molecule has 0 bridgehead atoms. The standard InChI is InChI=1S/C28H16ClN3O8S/c29-20-7-2-1-5-18(20)25(34)30(31-26(35)19-6-3-8-21(32(38)39)24(19)27(31)36)15-22(33)16-10-12-17(13-11-16)40-28(37)23-9-4-14-41-23/h1-14H,15H2. The molecule has 1 aromatic heterocycles. The third-order valence-electron chi connectivity index (χ3n) is 6.05. The summed E-state index contributed by atoms with van der Waals surface area (Å²) < 4.78 is 5.29. The number of hydrogen-bond acceptors (Lipinski definition) is 9. The number of nitro benzene ring substituents is 1. The Morgan fingerprint density at radius 3 is 2.32 bits per heavy atom. The summed E-state index contributed by atoms with van der Waals surface area (Å²) in [4.78, 5) is 76.9. The van der Waals surface area contributed by atoms with Gasteiger partial charge in [-0.2, -0.15) is 5.01 Å². The van der Waals surface area contributed by atoms with E-state index in [1.807, 2.05) is 0 Å². The predicted octanol–water partition coefficient (Wildman–Crippen LogP) is 5.07. The maximum atomic E-state index is 13.6. The third-order valence-corrected chi connectivity index (χ3v) is 7.23. The Morgan fingerprint density at radius 1 is 0.927 bits per heavy atom. The lowest BCUT2D eigenvalue weighted by atomic mass is 10.1. The highest BCUT2D eigenvalue weighted by Gasteiger charge is 2.46. The molecule has 0 saturated carbocycles. The fourth-order valence-corrected chi connectivity index (χ4v) is 4.94. The number of fused-ring (bicyclic) bond motifs is 1. The molecule has 0 fully saturated rings. The number of benzene rings is 3. The Hall–Kier alpha value is -5.20. The highest BCUT2D eigenvalue weighted by Crippen LogP contribution is 2.33. The molecule has 0 unspecified atom stereocenters. The van der Waals surface area contributed by atoms with E-state index in [1.165, 1.54) is 65.9 Å². The number of halogens is 1. The van der Waals surface area contributed by atoms with Crippen LogP contribution in [0.5, 0.6) is 5.75 Å². The zero-order valence-corrected chi connectivity index (χ0v) is 22.3. The van der Waals surface area contributed by atoms with Gasteiger partial charge in [0.15, 0.2) is 5.78 Å². The minimum Gasteiger partial charge on any atom is -0.422 e. The number of hydrogen-bond donors (Lipinski definition) is 0. The third kappa shape index (κ3) is 5.21. The average molecular weight is 590 g/mol. The molecule has 0 N–H and O–H groups in total. The topological polar surface area (TPSA) is 144 Å². The molecule has 204 valence electrons.